The Labute approximate surface area is 121 Å². The van der Waals surface area contributed by atoms with Gasteiger partial charge in [0.1, 0.15) is 6.04 Å². The molecule has 0 amide bonds. The molecule has 0 aliphatic rings. The molecular weight excluding hydrogens is 276 g/mol. The summed E-state index contributed by atoms with van der Waals surface area (Å²) in [5.41, 5.74) is 6.70. The van der Waals surface area contributed by atoms with E-state index in [2.05, 4.69) is 9.97 Å². The van der Waals surface area contributed by atoms with Crippen LogP contribution >= 0.6 is 11.8 Å². The SMILES string of the molecule is CCOC(=O)C(N)CCSCc1cn2cccnc2n1. The fraction of sp³-hybridized carbons (Fsp3) is 0.462. The van der Waals surface area contributed by atoms with Gasteiger partial charge in [-0.1, -0.05) is 0 Å². The Balaban J connectivity index is 1.74. The molecule has 0 bridgehead atoms. The minimum Gasteiger partial charge on any atom is -0.465 e. The number of hydrogen-bond acceptors (Lipinski definition) is 6. The number of thioether (sulfide) groups is 1. The van der Waals surface area contributed by atoms with Gasteiger partial charge in [0.25, 0.3) is 0 Å². The molecule has 20 heavy (non-hydrogen) atoms. The van der Waals surface area contributed by atoms with Crippen molar-refractivity contribution in [3.8, 4) is 0 Å². The molecule has 2 aromatic heterocycles. The highest BCUT2D eigenvalue weighted by molar-refractivity contribution is 7.98. The molecule has 0 saturated heterocycles. The van der Waals surface area contributed by atoms with E-state index in [0.717, 1.165) is 17.2 Å². The molecule has 2 aromatic rings. The van der Waals surface area contributed by atoms with E-state index in [1.165, 1.54) is 0 Å². The highest BCUT2D eigenvalue weighted by atomic mass is 32.2. The van der Waals surface area contributed by atoms with Crippen LogP contribution in [0.3, 0.4) is 0 Å². The molecule has 2 heterocycles. The van der Waals surface area contributed by atoms with Crippen LogP contribution in [0.1, 0.15) is 19.0 Å². The zero-order valence-electron chi connectivity index (χ0n) is 11.4. The Morgan fingerprint density at radius 2 is 2.45 bits per heavy atom. The zero-order valence-corrected chi connectivity index (χ0v) is 12.2. The lowest BCUT2D eigenvalue weighted by molar-refractivity contribution is -0.144. The summed E-state index contributed by atoms with van der Waals surface area (Å²) in [5, 5.41) is 0. The van der Waals surface area contributed by atoms with Crippen molar-refractivity contribution in [1.82, 2.24) is 14.4 Å². The molecule has 0 aliphatic carbocycles. The normalized spacial score (nSPS) is 12.5. The Morgan fingerprint density at radius 3 is 3.20 bits per heavy atom. The largest absolute Gasteiger partial charge is 0.465 e. The van der Waals surface area contributed by atoms with Gasteiger partial charge >= 0.3 is 5.97 Å². The van der Waals surface area contributed by atoms with Crippen LogP contribution in [0, 0.1) is 0 Å². The van der Waals surface area contributed by atoms with Crippen LogP contribution in [0.4, 0.5) is 0 Å². The first-order valence-corrected chi connectivity index (χ1v) is 7.64. The summed E-state index contributed by atoms with van der Waals surface area (Å²) in [7, 11) is 0. The molecule has 0 radical (unpaired) electrons. The molecule has 1 unspecified atom stereocenters. The van der Waals surface area contributed by atoms with E-state index in [4.69, 9.17) is 10.5 Å². The van der Waals surface area contributed by atoms with Gasteiger partial charge in [0.05, 0.1) is 12.3 Å². The third-order valence-electron chi connectivity index (χ3n) is 2.70. The van der Waals surface area contributed by atoms with Crippen LogP contribution in [-0.4, -0.2) is 38.7 Å². The first kappa shape index (κ1) is 14.8. The van der Waals surface area contributed by atoms with Crippen LogP contribution in [0.15, 0.2) is 24.7 Å². The predicted octanol–water partition coefficient (Wildman–Crippen LogP) is 1.24. The average Bonchev–Trinajstić information content (AvgIpc) is 2.86. The highest BCUT2D eigenvalue weighted by Gasteiger charge is 2.13. The number of imidazole rings is 1. The fourth-order valence-electron chi connectivity index (χ4n) is 1.70. The van der Waals surface area contributed by atoms with Crippen LogP contribution < -0.4 is 5.73 Å². The van der Waals surface area contributed by atoms with Gasteiger partial charge in [0.2, 0.25) is 5.78 Å². The third-order valence-corrected chi connectivity index (χ3v) is 3.72. The smallest absolute Gasteiger partial charge is 0.322 e. The van der Waals surface area contributed by atoms with E-state index in [1.807, 2.05) is 22.9 Å². The van der Waals surface area contributed by atoms with Crippen LogP contribution in [0.5, 0.6) is 0 Å². The van der Waals surface area contributed by atoms with E-state index >= 15 is 0 Å². The number of nitrogens with zero attached hydrogens (tertiary/aromatic N) is 3. The number of carbonyl (C=O) groups excluding carboxylic acids is 1. The van der Waals surface area contributed by atoms with Gasteiger partial charge in [-0.05, 0) is 25.2 Å². The van der Waals surface area contributed by atoms with Crippen LogP contribution in [0.25, 0.3) is 5.78 Å². The second-order valence-electron chi connectivity index (χ2n) is 4.26. The first-order chi connectivity index (χ1) is 9.70. The molecular formula is C13H18N4O2S. The second kappa shape index (κ2) is 7.25. The zero-order chi connectivity index (χ0) is 14.4. The molecule has 0 aliphatic heterocycles. The predicted molar refractivity (Wildman–Crippen MR) is 78.4 cm³/mol. The molecule has 0 saturated carbocycles. The number of hydrogen-bond donors (Lipinski definition) is 1. The van der Waals surface area contributed by atoms with Crippen molar-refractivity contribution >= 4 is 23.5 Å². The van der Waals surface area contributed by atoms with Gasteiger partial charge in [-0.3, -0.25) is 9.20 Å². The Morgan fingerprint density at radius 1 is 1.60 bits per heavy atom. The van der Waals surface area contributed by atoms with Crippen LogP contribution in [0.2, 0.25) is 0 Å². The van der Waals surface area contributed by atoms with Gasteiger partial charge in [-0.15, -0.1) is 0 Å². The second-order valence-corrected chi connectivity index (χ2v) is 5.36. The van der Waals surface area contributed by atoms with Crippen molar-refractivity contribution in [2.45, 2.75) is 25.1 Å². The number of fused-ring (bicyclic) bond motifs is 1. The minimum absolute atomic E-state index is 0.329. The summed E-state index contributed by atoms with van der Waals surface area (Å²) in [6, 6.07) is 1.33. The lowest BCUT2D eigenvalue weighted by Crippen LogP contribution is -2.32. The van der Waals surface area contributed by atoms with E-state index in [0.29, 0.717) is 18.8 Å². The number of esters is 1. The van der Waals surface area contributed by atoms with Crippen molar-refractivity contribution < 1.29 is 9.53 Å². The van der Waals surface area contributed by atoms with Crippen molar-refractivity contribution in [1.29, 1.82) is 0 Å². The Kier molecular flexibility index (Phi) is 5.37. The summed E-state index contributed by atoms with van der Waals surface area (Å²) in [6.07, 6.45) is 6.20. The maximum Gasteiger partial charge on any atom is 0.322 e. The highest BCUT2D eigenvalue weighted by Crippen LogP contribution is 2.13. The maximum absolute atomic E-state index is 11.3. The van der Waals surface area contributed by atoms with Crippen molar-refractivity contribution in [3.63, 3.8) is 0 Å². The van der Waals surface area contributed by atoms with Crippen molar-refractivity contribution in [2.75, 3.05) is 12.4 Å². The first-order valence-electron chi connectivity index (χ1n) is 6.49. The molecule has 108 valence electrons. The number of aromatic nitrogens is 3. The average molecular weight is 294 g/mol. The monoisotopic (exact) mass is 294 g/mol. The van der Waals surface area contributed by atoms with E-state index in [-0.39, 0.29) is 5.97 Å². The van der Waals surface area contributed by atoms with E-state index in [1.54, 1.807) is 24.9 Å². The molecule has 1 atom stereocenters. The molecule has 2 rings (SSSR count). The summed E-state index contributed by atoms with van der Waals surface area (Å²) in [5.74, 6) is 1.94. The molecule has 0 spiro atoms. The molecule has 0 aromatic carbocycles. The fourth-order valence-corrected chi connectivity index (χ4v) is 2.62. The number of rotatable bonds is 7. The standard InChI is InChI=1S/C13H18N4O2S/c1-2-19-12(18)11(14)4-7-20-9-10-8-17-6-3-5-15-13(17)16-10/h3,5-6,8,11H,2,4,7,9,14H2,1H3. The van der Waals surface area contributed by atoms with E-state index < -0.39 is 6.04 Å². The lowest BCUT2D eigenvalue weighted by atomic mass is 10.2. The molecule has 0 fully saturated rings. The molecule has 6 nitrogen and oxygen atoms in total. The molecule has 7 heteroatoms. The lowest BCUT2D eigenvalue weighted by Gasteiger charge is -2.09. The Hall–Kier alpha value is -1.60. The van der Waals surface area contributed by atoms with Crippen molar-refractivity contribution in [3.05, 3.63) is 30.4 Å². The van der Waals surface area contributed by atoms with Gasteiger partial charge in [-0.25, -0.2) is 9.97 Å². The summed E-state index contributed by atoms with van der Waals surface area (Å²) in [4.78, 5) is 19.9. The van der Waals surface area contributed by atoms with Crippen LogP contribution in [-0.2, 0) is 15.3 Å². The van der Waals surface area contributed by atoms with Gasteiger partial charge in [0, 0.05) is 24.3 Å². The summed E-state index contributed by atoms with van der Waals surface area (Å²) >= 11 is 1.69. The third kappa shape index (κ3) is 3.94. The topological polar surface area (TPSA) is 82.5 Å². The quantitative estimate of drug-likeness (QED) is 0.611. The van der Waals surface area contributed by atoms with Crippen molar-refractivity contribution in [2.24, 2.45) is 5.73 Å². The number of nitrogens with two attached hydrogens (primary N) is 1. The Bertz CT molecular complexity index is 539. The van der Waals surface area contributed by atoms with Gasteiger partial charge in [0.15, 0.2) is 0 Å². The van der Waals surface area contributed by atoms with Gasteiger partial charge in [-0.2, -0.15) is 11.8 Å². The summed E-state index contributed by atoms with van der Waals surface area (Å²) in [6.45, 7) is 2.14. The molecule has 2 N–H and O–H groups in total. The number of carbonyl (C=O) groups is 1. The van der Waals surface area contributed by atoms with E-state index in [9.17, 15) is 4.79 Å². The minimum atomic E-state index is -0.537. The summed E-state index contributed by atoms with van der Waals surface area (Å²) < 4.78 is 6.75. The maximum atomic E-state index is 11.3. The van der Waals surface area contributed by atoms with Gasteiger partial charge < -0.3 is 10.5 Å². The number of ether oxygens (including phenoxy) is 1.